The maximum Gasteiger partial charge on any atom is 0.410 e. The van der Waals surface area contributed by atoms with E-state index in [4.69, 9.17) is 50.0 Å². The molecule has 4 aliphatic rings. The summed E-state index contributed by atoms with van der Waals surface area (Å²) in [5.74, 6) is 0.318. The number of oxime groups is 1. The molecule has 0 spiro atoms. The van der Waals surface area contributed by atoms with Gasteiger partial charge in [-0.3, -0.25) is 9.88 Å². The second kappa shape index (κ2) is 22.3. The van der Waals surface area contributed by atoms with Gasteiger partial charge in [-0.1, -0.05) is 72.6 Å². The number of halogens is 1. The number of ether oxygens (including phenoxy) is 6. The minimum atomic E-state index is -1.51. The van der Waals surface area contributed by atoms with Crippen LogP contribution in [0, 0.1) is 24.7 Å². The Morgan fingerprint density at radius 3 is 2.53 bits per heavy atom. The predicted octanol–water partition coefficient (Wildman–Crippen LogP) is 9.41. The van der Waals surface area contributed by atoms with E-state index in [2.05, 4.69) is 23.7 Å². The summed E-state index contributed by atoms with van der Waals surface area (Å²) in [6.07, 6.45) is 8.08. The number of aryl methyl sites for hydroxylation is 1. The number of aliphatic hydroxyl groups excluding tert-OH is 2. The summed E-state index contributed by atoms with van der Waals surface area (Å²) in [5, 5.41) is 25.0. The van der Waals surface area contributed by atoms with Crippen LogP contribution in [-0.4, -0.2) is 82.8 Å². The minimum Gasteiger partial charge on any atom is -0.487 e. The van der Waals surface area contributed by atoms with Crippen LogP contribution in [0.3, 0.4) is 0 Å². The number of hydrogen-bond acceptors (Lipinski definition) is 12. The van der Waals surface area contributed by atoms with Crippen molar-refractivity contribution < 1.29 is 48.3 Å². The van der Waals surface area contributed by atoms with Crippen molar-refractivity contribution in [2.75, 3.05) is 39.1 Å². The zero-order chi connectivity index (χ0) is 45.9. The molecule has 1 amide bonds. The summed E-state index contributed by atoms with van der Waals surface area (Å²) in [6.45, 7) is 6.97. The summed E-state index contributed by atoms with van der Waals surface area (Å²) in [4.78, 5) is 27.3. The summed E-state index contributed by atoms with van der Waals surface area (Å²) < 4.78 is 38.3. The lowest BCUT2D eigenvalue weighted by Gasteiger charge is -2.59. The van der Waals surface area contributed by atoms with Crippen molar-refractivity contribution >= 4 is 23.4 Å². The summed E-state index contributed by atoms with van der Waals surface area (Å²) >= 11 is 6.15. The number of nitrogens with zero attached hydrogens (tertiary/aromatic N) is 3. The molecule has 3 aromatic carbocycles. The number of hydrogen-bond donors (Lipinski definition) is 2. The van der Waals surface area contributed by atoms with Crippen LogP contribution in [0.2, 0.25) is 0 Å². The fourth-order valence-electron chi connectivity index (χ4n) is 10.1. The molecule has 0 bridgehead atoms. The fourth-order valence-corrected chi connectivity index (χ4v) is 10.2. The number of allylic oxidation sites excluding steroid dienone is 1. The first-order chi connectivity index (χ1) is 32.3. The van der Waals surface area contributed by atoms with Gasteiger partial charge in [-0.2, -0.15) is 0 Å². The zero-order valence-corrected chi connectivity index (χ0v) is 38.3. The molecular weight excluding hydrogens is 862 g/mol. The first kappa shape index (κ1) is 46.9. The lowest BCUT2D eigenvalue weighted by atomic mass is 9.55. The Morgan fingerprint density at radius 2 is 1.74 bits per heavy atom. The molecule has 0 unspecified atom stereocenters. The van der Waals surface area contributed by atoms with Gasteiger partial charge >= 0.3 is 6.09 Å². The SMILES string of the molecule is C=CCO[C@@]12Oc3ccc(OCc4cccc(C)n4)cc3[C@H]3[C@H](CCCCO)[C@@H](CCCCO)C=C(C(=NOCc4ccccc4)C[C@@H]1N(Cc1ccc4c(c1)OCO4)C(=O)OCCCl)[C@H]32. The Balaban J connectivity index is 1.31. The van der Waals surface area contributed by atoms with Crippen molar-refractivity contribution in [1.82, 2.24) is 9.88 Å². The van der Waals surface area contributed by atoms with Gasteiger partial charge in [0.1, 0.15) is 37.4 Å². The van der Waals surface area contributed by atoms with Gasteiger partial charge in [0.25, 0.3) is 0 Å². The highest BCUT2D eigenvalue weighted by Crippen LogP contribution is 2.62. The Kier molecular flexibility index (Phi) is 15.8. The number of carbonyl (C=O) groups is 1. The monoisotopic (exact) mass is 921 g/mol. The summed E-state index contributed by atoms with van der Waals surface area (Å²) in [6, 6.07) is 26.4. The van der Waals surface area contributed by atoms with Gasteiger partial charge in [0, 0.05) is 43.4 Å². The Morgan fingerprint density at radius 1 is 0.939 bits per heavy atom. The highest BCUT2D eigenvalue weighted by molar-refractivity contribution is 6.18. The van der Waals surface area contributed by atoms with Crippen LogP contribution in [-0.2, 0) is 34.1 Å². The number of amides is 1. The quantitative estimate of drug-likeness (QED) is 0.0336. The molecule has 3 heterocycles. The highest BCUT2D eigenvalue weighted by Gasteiger charge is 2.65. The van der Waals surface area contributed by atoms with Gasteiger partial charge < -0.3 is 43.5 Å². The van der Waals surface area contributed by atoms with Gasteiger partial charge in [-0.15, -0.1) is 18.2 Å². The largest absolute Gasteiger partial charge is 0.487 e. The standard InChI is InChI=1S/C52H60ClN3O10/c1-3-25-64-52-48(56(51(59)60-26-22-53)31-37-18-20-46-47(27-37)63-34-62-46)30-44(55-65-32-36-13-5-4-6-14-36)42-28-38(15-7-9-23-57)41(17-8-10-24-58)49(50(42)52)43-29-40(19-21-45(43)66-52)61-33-39-16-11-12-35(2)54-39/h3-6,11-14,16,18-21,27-29,38,41,48-50,57-58H,1,7-10,15,17,22-26,30-34H2,2H3/t38-,41+,48-,49+,50+,52+/m0/s1. The third-order valence-corrected chi connectivity index (χ3v) is 13.1. The molecule has 2 N–H and O–H groups in total. The number of carbonyl (C=O) groups excluding carboxylic acids is 1. The maximum atomic E-state index is 14.7. The lowest BCUT2D eigenvalue weighted by molar-refractivity contribution is -0.256. The van der Waals surface area contributed by atoms with E-state index in [0.29, 0.717) is 41.6 Å². The highest BCUT2D eigenvalue weighted by atomic mass is 35.5. The molecule has 1 saturated carbocycles. The van der Waals surface area contributed by atoms with Crippen molar-refractivity contribution in [2.45, 2.75) is 89.4 Å². The van der Waals surface area contributed by atoms with Crippen LogP contribution in [0.5, 0.6) is 23.0 Å². The predicted molar refractivity (Wildman–Crippen MR) is 250 cm³/mol. The topological polar surface area (TPSA) is 151 Å². The third-order valence-electron chi connectivity index (χ3n) is 12.9. The number of pyridine rings is 1. The Labute approximate surface area is 391 Å². The smallest absolute Gasteiger partial charge is 0.410 e. The third kappa shape index (κ3) is 10.5. The van der Waals surface area contributed by atoms with E-state index in [9.17, 15) is 15.0 Å². The van der Waals surface area contributed by atoms with E-state index >= 15 is 0 Å². The van der Waals surface area contributed by atoms with E-state index in [-0.39, 0.29) is 83.0 Å². The molecule has 0 saturated heterocycles. The second-order valence-electron chi connectivity index (χ2n) is 17.2. The Bertz CT molecular complexity index is 2340. The molecule has 1 fully saturated rings. The number of aliphatic hydroxyl groups is 2. The number of unbranched alkanes of at least 4 members (excludes halogenated alkanes) is 2. The van der Waals surface area contributed by atoms with E-state index in [1.165, 1.54) is 0 Å². The minimum absolute atomic E-state index is 0.0165. The van der Waals surface area contributed by atoms with Crippen LogP contribution in [0.25, 0.3) is 0 Å². The van der Waals surface area contributed by atoms with E-state index in [0.717, 1.165) is 59.3 Å². The van der Waals surface area contributed by atoms with Crippen LogP contribution in [0.1, 0.15) is 78.9 Å². The normalized spacial score (nSPS) is 22.9. The molecule has 0 radical (unpaired) electrons. The molecule has 350 valence electrons. The average Bonchev–Trinajstić information content (AvgIpc) is 3.81. The second-order valence-corrected chi connectivity index (χ2v) is 17.6. The molecule has 4 aromatic rings. The van der Waals surface area contributed by atoms with Gasteiger partial charge in [0.05, 0.1) is 29.8 Å². The number of aromatic nitrogens is 1. The number of alkyl halides is 1. The van der Waals surface area contributed by atoms with Crippen LogP contribution in [0.15, 0.2) is 114 Å². The van der Waals surface area contributed by atoms with E-state index in [1.807, 2.05) is 85.8 Å². The van der Waals surface area contributed by atoms with Crippen molar-refractivity contribution in [3.8, 4) is 23.0 Å². The average molecular weight is 923 g/mol. The van der Waals surface area contributed by atoms with Crippen molar-refractivity contribution in [2.24, 2.45) is 22.9 Å². The molecule has 13 nitrogen and oxygen atoms in total. The van der Waals surface area contributed by atoms with E-state index in [1.54, 1.807) is 11.0 Å². The molecule has 14 heteroatoms. The first-order valence-electron chi connectivity index (χ1n) is 23.0. The summed E-state index contributed by atoms with van der Waals surface area (Å²) in [7, 11) is 0. The number of rotatable bonds is 22. The zero-order valence-electron chi connectivity index (χ0n) is 37.5. The molecule has 1 aromatic heterocycles. The lowest BCUT2D eigenvalue weighted by Crippen LogP contribution is -2.70. The maximum absolute atomic E-state index is 14.7. The molecular formula is C52H60ClN3O10. The number of fused-ring (bicyclic) bond motifs is 3. The van der Waals surface area contributed by atoms with Gasteiger partial charge in [0.15, 0.2) is 11.5 Å². The molecule has 66 heavy (non-hydrogen) atoms. The van der Waals surface area contributed by atoms with Crippen molar-refractivity contribution in [3.05, 3.63) is 137 Å². The van der Waals surface area contributed by atoms with Crippen LogP contribution in [0.4, 0.5) is 4.79 Å². The van der Waals surface area contributed by atoms with E-state index < -0.39 is 23.8 Å². The summed E-state index contributed by atoms with van der Waals surface area (Å²) in [5.41, 5.74) is 5.96. The van der Waals surface area contributed by atoms with Crippen LogP contribution < -0.4 is 18.9 Å². The first-order valence-corrected chi connectivity index (χ1v) is 23.6. The molecule has 8 rings (SSSR count). The molecule has 2 aliphatic heterocycles. The van der Waals surface area contributed by atoms with Gasteiger partial charge in [0.2, 0.25) is 12.6 Å². The van der Waals surface area contributed by atoms with Crippen molar-refractivity contribution in [3.63, 3.8) is 0 Å². The van der Waals surface area contributed by atoms with Crippen molar-refractivity contribution in [1.29, 1.82) is 0 Å². The molecule has 6 atom stereocenters. The number of benzene rings is 3. The Hall–Kier alpha value is -5.60. The van der Waals surface area contributed by atoms with Crippen LogP contribution >= 0.6 is 11.6 Å². The molecule has 2 aliphatic carbocycles. The van der Waals surface area contributed by atoms with Gasteiger partial charge in [-0.05, 0) is 104 Å². The fraction of sp³-hybridized carbons (Fsp3) is 0.442. The van der Waals surface area contributed by atoms with Gasteiger partial charge in [-0.25, -0.2) is 4.79 Å².